The van der Waals surface area contributed by atoms with Crippen LogP contribution in [0, 0.1) is 0 Å². The van der Waals surface area contributed by atoms with Crippen molar-refractivity contribution in [2.75, 3.05) is 6.67 Å². The van der Waals surface area contributed by atoms with E-state index in [-0.39, 0.29) is 18.2 Å². The molecular formula is C8H10BrClFNO. The zero-order valence-electron chi connectivity index (χ0n) is 6.71. The predicted molar refractivity (Wildman–Crippen MR) is 56.0 cm³/mol. The van der Waals surface area contributed by atoms with Crippen molar-refractivity contribution in [2.45, 2.75) is 6.04 Å². The van der Waals surface area contributed by atoms with Gasteiger partial charge in [-0.25, -0.2) is 4.39 Å². The van der Waals surface area contributed by atoms with Crippen molar-refractivity contribution in [2.24, 2.45) is 5.73 Å². The van der Waals surface area contributed by atoms with E-state index in [9.17, 15) is 9.50 Å². The Morgan fingerprint density at radius 1 is 1.54 bits per heavy atom. The van der Waals surface area contributed by atoms with Crippen molar-refractivity contribution < 1.29 is 9.50 Å². The molecule has 74 valence electrons. The lowest BCUT2D eigenvalue weighted by molar-refractivity contribution is 0.414. The molecule has 0 saturated carbocycles. The van der Waals surface area contributed by atoms with E-state index < -0.39 is 12.7 Å². The van der Waals surface area contributed by atoms with Crippen LogP contribution < -0.4 is 5.73 Å². The number of halogens is 3. The van der Waals surface area contributed by atoms with Gasteiger partial charge < -0.3 is 10.8 Å². The standard InChI is InChI=1S/C8H9BrFNO.ClH/c9-5-1-2-6(7(11)4-10)8(12)3-5;/h1-3,7,12H,4,11H2;1H/t7-;/m0./s1. The molecule has 1 aromatic rings. The third-order valence-corrected chi connectivity index (χ3v) is 2.05. The number of hydrogen-bond donors (Lipinski definition) is 2. The Labute approximate surface area is 90.5 Å². The summed E-state index contributed by atoms with van der Waals surface area (Å²) < 4.78 is 12.9. The van der Waals surface area contributed by atoms with Crippen LogP contribution in [0.4, 0.5) is 4.39 Å². The van der Waals surface area contributed by atoms with E-state index in [0.29, 0.717) is 5.56 Å². The van der Waals surface area contributed by atoms with E-state index in [0.717, 1.165) is 4.47 Å². The molecule has 0 aliphatic heterocycles. The number of alkyl halides is 1. The molecule has 13 heavy (non-hydrogen) atoms. The number of nitrogens with two attached hydrogens (primary N) is 1. The molecule has 0 amide bonds. The van der Waals surface area contributed by atoms with E-state index in [1.54, 1.807) is 12.1 Å². The highest BCUT2D eigenvalue weighted by Crippen LogP contribution is 2.26. The first-order valence-electron chi connectivity index (χ1n) is 3.45. The maximum Gasteiger partial charge on any atom is 0.121 e. The second kappa shape index (κ2) is 5.42. The highest BCUT2D eigenvalue weighted by Gasteiger charge is 2.09. The number of benzene rings is 1. The van der Waals surface area contributed by atoms with Gasteiger partial charge in [-0.15, -0.1) is 12.4 Å². The summed E-state index contributed by atoms with van der Waals surface area (Å²) in [5, 5.41) is 9.32. The number of phenolic OH excluding ortho intramolecular Hbond substituents is 1. The first-order chi connectivity index (χ1) is 5.65. The van der Waals surface area contributed by atoms with Gasteiger partial charge in [0.25, 0.3) is 0 Å². The molecule has 0 saturated heterocycles. The van der Waals surface area contributed by atoms with Gasteiger partial charge in [0.1, 0.15) is 12.4 Å². The normalized spacial score (nSPS) is 11.9. The Balaban J connectivity index is 0.00000144. The number of hydrogen-bond acceptors (Lipinski definition) is 2. The third-order valence-electron chi connectivity index (χ3n) is 1.56. The van der Waals surface area contributed by atoms with Crippen molar-refractivity contribution in [3.05, 3.63) is 28.2 Å². The van der Waals surface area contributed by atoms with Gasteiger partial charge in [-0.1, -0.05) is 22.0 Å². The van der Waals surface area contributed by atoms with Crippen LogP contribution in [0.15, 0.2) is 22.7 Å². The first-order valence-corrected chi connectivity index (χ1v) is 4.24. The van der Waals surface area contributed by atoms with Crippen LogP contribution >= 0.6 is 28.3 Å². The summed E-state index contributed by atoms with van der Waals surface area (Å²) in [6.07, 6.45) is 0. The summed E-state index contributed by atoms with van der Waals surface area (Å²) in [6, 6.07) is 4.07. The molecule has 1 rings (SSSR count). The Morgan fingerprint density at radius 2 is 2.15 bits per heavy atom. The lowest BCUT2D eigenvalue weighted by atomic mass is 10.1. The van der Waals surface area contributed by atoms with Gasteiger partial charge >= 0.3 is 0 Å². The van der Waals surface area contributed by atoms with Crippen LogP contribution in [0.1, 0.15) is 11.6 Å². The fourth-order valence-electron chi connectivity index (χ4n) is 0.913. The number of phenols is 1. The van der Waals surface area contributed by atoms with Gasteiger partial charge in [-0.3, -0.25) is 0 Å². The quantitative estimate of drug-likeness (QED) is 0.867. The summed E-state index contributed by atoms with van der Waals surface area (Å²) in [4.78, 5) is 0. The largest absolute Gasteiger partial charge is 0.508 e. The lowest BCUT2D eigenvalue weighted by Gasteiger charge is -2.09. The smallest absolute Gasteiger partial charge is 0.121 e. The van der Waals surface area contributed by atoms with E-state index in [1.807, 2.05) is 0 Å². The van der Waals surface area contributed by atoms with Crippen LogP contribution in [0.2, 0.25) is 0 Å². The highest BCUT2D eigenvalue weighted by atomic mass is 79.9. The Kier molecular flexibility index (Phi) is 5.29. The van der Waals surface area contributed by atoms with Crippen molar-refractivity contribution in [1.82, 2.24) is 0 Å². The fraction of sp³-hybridized carbons (Fsp3) is 0.250. The van der Waals surface area contributed by atoms with E-state index >= 15 is 0 Å². The summed E-state index contributed by atoms with van der Waals surface area (Å²) in [5.41, 5.74) is 5.83. The number of rotatable bonds is 2. The lowest BCUT2D eigenvalue weighted by Crippen LogP contribution is -2.12. The molecule has 1 atom stereocenters. The molecule has 0 heterocycles. The van der Waals surface area contributed by atoms with Crippen molar-refractivity contribution in [3.8, 4) is 5.75 Å². The zero-order chi connectivity index (χ0) is 9.14. The highest BCUT2D eigenvalue weighted by molar-refractivity contribution is 9.10. The molecule has 0 fully saturated rings. The molecule has 1 aromatic carbocycles. The SMILES string of the molecule is Cl.N[C@@H](CF)c1ccc(Br)cc1O. The molecule has 2 nitrogen and oxygen atoms in total. The topological polar surface area (TPSA) is 46.2 Å². The van der Waals surface area contributed by atoms with Gasteiger partial charge in [-0.2, -0.15) is 0 Å². The third kappa shape index (κ3) is 3.14. The maximum atomic E-state index is 12.1. The molecule has 0 aliphatic carbocycles. The van der Waals surface area contributed by atoms with Crippen LogP contribution in [0.25, 0.3) is 0 Å². The Bertz CT molecular complexity index is 285. The summed E-state index contributed by atoms with van der Waals surface area (Å²) in [6.45, 7) is -0.671. The van der Waals surface area contributed by atoms with Crippen molar-refractivity contribution >= 4 is 28.3 Å². The fourth-order valence-corrected chi connectivity index (χ4v) is 1.26. The predicted octanol–water partition coefficient (Wildman–Crippen LogP) is 2.55. The molecule has 3 N–H and O–H groups in total. The second-order valence-corrected chi connectivity index (χ2v) is 3.38. The van der Waals surface area contributed by atoms with Gasteiger partial charge in [0.15, 0.2) is 0 Å². The summed E-state index contributed by atoms with van der Waals surface area (Å²) >= 11 is 3.17. The first kappa shape index (κ1) is 12.7. The average Bonchev–Trinajstić information content (AvgIpc) is 2.03. The van der Waals surface area contributed by atoms with Crippen LogP contribution in [0.3, 0.4) is 0 Å². The minimum atomic E-state index is -0.738. The molecular weight excluding hydrogens is 260 g/mol. The maximum absolute atomic E-state index is 12.1. The molecule has 0 unspecified atom stereocenters. The van der Waals surface area contributed by atoms with Gasteiger partial charge in [0.2, 0.25) is 0 Å². The summed E-state index contributed by atoms with van der Waals surface area (Å²) in [7, 11) is 0. The molecule has 0 aliphatic rings. The molecule has 0 radical (unpaired) electrons. The van der Waals surface area contributed by atoms with Gasteiger partial charge in [0.05, 0.1) is 6.04 Å². The molecule has 5 heteroatoms. The van der Waals surface area contributed by atoms with E-state index in [1.165, 1.54) is 6.07 Å². The van der Waals surface area contributed by atoms with Crippen LogP contribution in [0.5, 0.6) is 5.75 Å². The zero-order valence-corrected chi connectivity index (χ0v) is 9.11. The molecule has 0 spiro atoms. The minimum absolute atomic E-state index is 0. The Morgan fingerprint density at radius 3 is 2.62 bits per heavy atom. The number of aromatic hydroxyl groups is 1. The average molecular weight is 271 g/mol. The van der Waals surface area contributed by atoms with Crippen molar-refractivity contribution in [3.63, 3.8) is 0 Å². The molecule has 0 aromatic heterocycles. The van der Waals surface area contributed by atoms with E-state index in [4.69, 9.17) is 5.73 Å². The van der Waals surface area contributed by atoms with Crippen molar-refractivity contribution in [1.29, 1.82) is 0 Å². The van der Waals surface area contributed by atoms with Gasteiger partial charge in [-0.05, 0) is 12.1 Å². The summed E-state index contributed by atoms with van der Waals surface area (Å²) in [5.74, 6) is 0.0227. The second-order valence-electron chi connectivity index (χ2n) is 2.46. The minimum Gasteiger partial charge on any atom is -0.508 e. The van der Waals surface area contributed by atoms with Gasteiger partial charge in [0, 0.05) is 10.0 Å². The molecule has 0 bridgehead atoms. The van der Waals surface area contributed by atoms with Crippen LogP contribution in [-0.2, 0) is 0 Å². The Hall–Kier alpha value is -0.320. The van der Waals surface area contributed by atoms with E-state index in [2.05, 4.69) is 15.9 Å². The van der Waals surface area contributed by atoms with Crippen LogP contribution in [-0.4, -0.2) is 11.8 Å². The monoisotopic (exact) mass is 269 g/mol.